The van der Waals surface area contributed by atoms with Gasteiger partial charge < -0.3 is 10.6 Å². The summed E-state index contributed by atoms with van der Waals surface area (Å²) in [5, 5.41) is 0. The second kappa shape index (κ2) is 5.09. The van der Waals surface area contributed by atoms with Crippen LogP contribution in [0.15, 0.2) is 12.4 Å². The van der Waals surface area contributed by atoms with Crippen molar-refractivity contribution in [3.63, 3.8) is 0 Å². The quantitative estimate of drug-likeness (QED) is 0.879. The molecule has 0 saturated carbocycles. The number of piperidine rings is 1. The third-order valence-electron chi connectivity index (χ3n) is 3.20. The average Bonchev–Trinajstić information content (AvgIpc) is 2.38. The first kappa shape index (κ1) is 13.1. The molecule has 0 spiro atoms. The van der Waals surface area contributed by atoms with Gasteiger partial charge in [0.2, 0.25) is 0 Å². The zero-order chi connectivity index (χ0) is 13.2. The number of hydrogen-bond donors (Lipinski definition) is 1. The van der Waals surface area contributed by atoms with Crippen molar-refractivity contribution >= 4 is 5.82 Å². The smallest absolute Gasteiger partial charge is 0.355 e. The van der Waals surface area contributed by atoms with Crippen molar-refractivity contribution in [2.45, 2.75) is 25.6 Å². The van der Waals surface area contributed by atoms with E-state index < -0.39 is 12.1 Å². The van der Waals surface area contributed by atoms with Gasteiger partial charge in [-0.25, -0.2) is 4.98 Å². The molecule has 1 saturated heterocycles. The number of aromatic nitrogens is 2. The van der Waals surface area contributed by atoms with Crippen molar-refractivity contribution < 1.29 is 13.2 Å². The highest BCUT2D eigenvalue weighted by atomic mass is 19.4. The number of halogens is 3. The highest BCUT2D eigenvalue weighted by Crippen LogP contribution is 2.35. The molecule has 0 unspecified atom stereocenters. The van der Waals surface area contributed by atoms with Gasteiger partial charge in [-0.2, -0.15) is 13.2 Å². The summed E-state index contributed by atoms with van der Waals surface area (Å²) >= 11 is 0. The molecule has 0 atom stereocenters. The molecule has 2 heterocycles. The van der Waals surface area contributed by atoms with Crippen molar-refractivity contribution in [1.82, 2.24) is 9.97 Å². The van der Waals surface area contributed by atoms with E-state index in [4.69, 9.17) is 5.73 Å². The Hall–Kier alpha value is -1.37. The average molecular weight is 260 g/mol. The molecule has 7 heteroatoms. The first-order valence-electron chi connectivity index (χ1n) is 5.84. The predicted octanol–water partition coefficient (Wildman–Crippen LogP) is 1.71. The first-order valence-corrected chi connectivity index (χ1v) is 5.84. The minimum atomic E-state index is -4.09. The summed E-state index contributed by atoms with van der Waals surface area (Å²) in [5.41, 5.74) is 6.17. The Bertz CT molecular complexity index is 400. The van der Waals surface area contributed by atoms with Gasteiger partial charge in [-0.1, -0.05) is 0 Å². The maximum Gasteiger partial charge on any atom is 0.391 e. The highest BCUT2D eigenvalue weighted by Gasteiger charge is 2.41. The second-order valence-corrected chi connectivity index (χ2v) is 4.33. The van der Waals surface area contributed by atoms with Crippen LogP contribution < -0.4 is 10.6 Å². The van der Waals surface area contributed by atoms with Crippen LogP contribution in [0.1, 0.15) is 18.5 Å². The summed E-state index contributed by atoms with van der Waals surface area (Å²) in [7, 11) is 0. The third kappa shape index (κ3) is 2.72. The lowest BCUT2D eigenvalue weighted by molar-refractivity contribution is -0.179. The number of rotatable bonds is 2. The molecule has 0 amide bonds. The van der Waals surface area contributed by atoms with Crippen LogP contribution in [0.25, 0.3) is 0 Å². The van der Waals surface area contributed by atoms with Gasteiger partial charge in [0.05, 0.1) is 11.6 Å². The fourth-order valence-corrected chi connectivity index (χ4v) is 2.19. The predicted molar refractivity (Wildman–Crippen MR) is 60.9 cm³/mol. The summed E-state index contributed by atoms with van der Waals surface area (Å²) in [6.45, 7) is 0.925. The van der Waals surface area contributed by atoms with Crippen LogP contribution in [0.5, 0.6) is 0 Å². The number of alkyl halides is 3. The normalized spacial score (nSPS) is 18.1. The van der Waals surface area contributed by atoms with E-state index in [2.05, 4.69) is 9.97 Å². The van der Waals surface area contributed by atoms with E-state index in [-0.39, 0.29) is 19.4 Å². The Labute approximate surface area is 103 Å². The number of nitrogens with two attached hydrogens (primary N) is 1. The Kier molecular flexibility index (Phi) is 3.70. The molecule has 2 rings (SSSR count). The zero-order valence-corrected chi connectivity index (χ0v) is 9.82. The minimum Gasteiger partial charge on any atom is -0.355 e. The molecule has 1 aromatic heterocycles. The molecule has 1 aliphatic heterocycles. The van der Waals surface area contributed by atoms with Gasteiger partial charge in [0.15, 0.2) is 5.82 Å². The Morgan fingerprint density at radius 2 is 1.83 bits per heavy atom. The minimum absolute atomic E-state index is 0.101. The summed E-state index contributed by atoms with van der Waals surface area (Å²) in [6, 6.07) is 0. The molecule has 1 aromatic rings. The zero-order valence-electron chi connectivity index (χ0n) is 9.82. The molecule has 1 aliphatic rings. The van der Waals surface area contributed by atoms with E-state index in [0.29, 0.717) is 24.6 Å². The van der Waals surface area contributed by atoms with Gasteiger partial charge in [0, 0.05) is 32.0 Å². The van der Waals surface area contributed by atoms with E-state index in [1.165, 1.54) is 12.4 Å². The maximum absolute atomic E-state index is 12.5. The molecule has 100 valence electrons. The Morgan fingerprint density at radius 1 is 1.22 bits per heavy atom. The topological polar surface area (TPSA) is 55.0 Å². The van der Waals surface area contributed by atoms with Gasteiger partial charge in [-0.15, -0.1) is 0 Å². The number of hydrogen-bond acceptors (Lipinski definition) is 4. The molecule has 18 heavy (non-hydrogen) atoms. The van der Waals surface area contributed by atoms with Crippen molar-refractivity contribution in [3.05, 3.63) is 18.1 Å². The third-order valence-corrected chi connectivity index (χ3v) is 3.20. The Morgan fingerprint density at radius 3 is 2.39 bits per heavy atom. The molecule has 0 aromatic carbocycles. The van der Waals surface area contributed by atoms with Crippen molar-refractivity contribution in [2.75, 3.05) is 18.0 Å². The van der Waals surface area contributed by atoms with Crippen LogP contribution in [0.2, 0.25) is 0 Å². The maximum atomic E-state index is 12.5. The monoisotopic (exact) mass is 260 g/mol. The molecular formula is C11H15F3N4. The number of nitrogens with zero attached hydrogens (tertiary/aromatic N) is 3. The lowest BCUT2D eigenvalue weighted by atomic mass is 9.96. The summed E-state index contributed by atoms with van der Waals surface area (Å²) < 4.78 is 37.6. The van der Waals surface area contributed by atoms with Crippen molar-refractivity contribution in [2.24, 2.45) is 11.7 Å². The molecule has 0 bridgehead atoms. The molecular weight excluding hydrogens is 245 g/mol. The fraction of sp³-hybridized carbons (Fsp3) is 0.636. The van der Waals surface area contributed by atoms with Gasteiger partial charge in [0.25, 0.3) is 0 Å². The largest absolute Gasteiger partial charge is 0.391 e. The van der Waals surface area contributed by atoms with Crippen molar-refractivity contribution in [1.29, 1.82) is 0 Å². The second-order valence-electron chi connectivity index (χ2n) is 4.33. The molecule has 4 nitrogen and oxygen atoms in total. The van der Waals surface area contributed by atoms with Crippen LogP contribution in [-0.4, -0.2) is 29.2 Å². The van der Waals surface area contributed by atoms with E-state index in [1.54, 1.807) is 0 Å². The van der Waals surface area contributed by atoms with E-state index >= 15 is 0 Å². The standard InChI is InChI=1S/C11H15F3N4/c12-11(13,14)8-1-5-18(6-2-8)10-9(7-15)16-3-4-17-10/h3-4,8H,1-2,5-7,15H2. The van der Waals surface area contributed by atoms with Gasteiger partial charge in [-0.05, 0) is 12.8 Å². The first-order chi connectivity index (χ1) is 8.52. The number of anilines is 1. The summed E-state index contributed by atoms with van der Waals surface area (Å²) in [4.78, 5) is 10.1. The van der Waals surface area contributed by atoms with Gasteiger partial charge in [0.1, 0.15) is 0 Å². The van der Waals surface area contributed by atoms with E-state index in [9.17, 15) is 13.2 Å². The van der Waals surface area contributed by atoms with Crippen LogP contribution in [0.4, 0.5) is 19.0 Å². The van der Waals surface area contributed by atoms with Crippen molar-refractivity contribution in [3.8, 4) is 0 Å². The summed E-state index contributed by atoms with van der Waals surface area (Å²) in [5.74, 6) is -0.590. The Balaban J connectivity index is 2.06. The van der Waals surface area contributed by atoms with Gasteiger partial charge >= 0.3 is 6.18 Å². The fourth-order valence-electron chi connectivity index (χ4n) is 2.19. The highest BCUT2D eigenvalue weighted by molar-refractivity contribution is 5.43. The SMILES string of the molecule is NCc1nccnc1N1CCC(C(F)(F)F)CC1. The lowest BCUT2D eigenvalue weighted by Crippen LogP contribution is -2.40. The summed E-state index contributed by atoms with van der Waals surface area (Å²) in [6.07, 6.45) is -0.822. The van der Waals surface area contributed by atoms with Crippen LogP contribution in [0.3, 0.4) is 0 Å². The van der Waals surface area contributed by atoms with Gasteiger partial charge in [-0.3, -0.25) is 4.98 Å². The molecule has 1 fully saturated rings. The van der Waals surface area contributed by atoms with Crippen LogP contribution in [0, 0.1) is 5.92 Å². The van der Waals surface area contributed by atoms with Crippen LogP contribution in [-0.2, 0) is 6.54 Å². The van der Waals surface area contributed by atoms with E-state index in [1.807, 2.05) is 4.90 Å². The molecule has 2 N–H and O–H groups in total. The molecule has 0 aliphatic carbocycles. The lowest BCUT2D eigenvalue weighted by Gasteiger charge is -2.34. The van der Waals surface area contributed by atoms with Crippen LogP contribution >= 0.6 is 0 Å². The molecule has 0 radical (unpaired) electrons. The van der Waals surface area contributed by atoms with E-state index in [0.717, 1.165) is 0 Å².